The van der Waals surface area contributed by atoms with E-state index in [1.165, 1.54) is 10.5 Å². The SMILES string of the molecule is CN=C(NCCc1cccc2cccnc12)NCCN1C(=O)C2C3C=CC(C3)C2C1=O. The minimum absolute atomic E-state index is 0.0000483. The molecule has 31 heavy (non-hydrogen) atoms. The molecule has 2 aromatic rings. The van der Waals surface area contributed by atoms with Crippen LogP contribution in [-0.2, 0) is 16.0 Å². The average Bonchev–Trinajstić information content (AvgIpc) is 3.48. The molecule has 2 heterocycles. The van der Waals surface area contributed by atoms with Gasteiger partial charge < -0.3 is 10.6 Å². The number of rotatable bonds is 6. The number of fused-ring (bicyclic) bond motifs is 6. The van der Waals surface area contributed by atoms with Gasteiger partial charge in [0.15, 0.2) is 5.96 Å². The number of carbonyl (C=O) groups excluding carboxylic acids is 2. The van der Waals surface area contributed by atoms with Gasteiger partial charge in [0.2, 0.25) is 11.8 Å². The van der Waals surface area contributed by atoms with Crippen molar-refractivity contribution in [2.45, 2.75) is 12.8 Å². The van der Waals surface area contributed by atoms with Crippen LogP contribution in [0.15, 0.2) is 53.7 Å². The van der Waals surface area contributed by atoms with E-state index in [1.807, 2.05) is 18.3 Å². The lowest BCUT2D eigenvalue weighted by Gasteiger charge is -2.18. The summed E-state index contributed by atoms with van der Waals surface area (Å²) in [5.74, 6) is 0.905. The third kappa shape index (κ3) is 3.48. The molecule has 2 fully saturated rings. The number of benzene rings is 1. The second-order valence-corrected chi connectivity index (χ2v) is 8.50. The van der Waals surface area contributed by atoms with Crippen molar-refractivity contribution in [3.63, 3.8) is 0 Å². The van der Waals surface area contributed by atoms with Gasteiger partial charge in [0.05, 0.1) is 17.4 Å². The van der Waals surface area contributed by atoms with Crippen molar-refractivity contribution in [1.82, 2.24) is 20.5 Å². The average molecular weight is 418 g/mol. The van der Waals surface area contributed by atoms with Crippen molar-refractivity contribution in [2.75, 3.05) is 26.7 Å². The van der Waals surface area contributed by atoms with Gasteiger partial charge in [-0.2, -0.15) is 0 Å². The summed E-state index contributed by atoms with van der Waals surface area (Å²) in [4.78, 5) is 35.7. The monoisotopic (exact) mass is 417 g/mol. The standard InChI is InChI=1S/C24H27N5O2/c1-25-24(27-11-9-16-5-2-4-15-6-3-10-26-21(15)16)28-12-13-29-22(30)19-17-7-8-18(14-17)20(19)23(29)31/h2-8,10,17-20H,9,11-14H2,1H3,(H2,25,27,28). The lowest BCUT2D eigenvalue weighted by molar-refractivity contribution is -0.140. The van der Waals surface area contributed by atoms with Crippen LogP contribution in [0.5, 0.6) is 0 Å². The van der Waals surface area contributed by atoms with Crippen molar-refractivity contribution in [3.05, 3.63) is 54.2 Å². The summed E-state index contributed by atoms with van der Waals surface area (Å²) in [7, 11) is 1.72. The predicted molar refractivity (Wildman–Crippen MR) is 119 cm³/mol. The highest BCUT2D eigenvalue weighted by atomic mass is 16.2. The fraction of sp³-hybridized carbons (Fsp3) is 0.417. The highest BCUT2D eigenvalue weighted by Crippen LogP contribution is 2.52. The Bertz CT molecular complexity index is 1040. The van der Waals surface area contributed by atoms with Crippen LogP contribution in [0.25, 0.3) is 10.9 Å². The van der Waals surface area contributed by atoms with E-state index >= 15 is 0 Å². The smallest absolute Gasteiger partial charge is 0.233 e. The first-order valence-corrected chi connectivity index (χ1v) is 11.0. The van der Waals surface area contributed by atoms with Crippen LogP contribution in [0.1, 0.15) is 12.0 Å². The van der Waals surface area contributed by atoms with Gasteiger partial charge in [-0.25, -0.2) is 0 Å². The van der Waals surface area contributed by atoms with Crippen LogP contribution in [0.3, 0.4) is 0 Å². The Kier molecular flexibility index (Phi) is 5.18. The number of guanidine groups is 1. The van der Waals surface area contributed by atoms with E-state index in [2.05, 4.69) is 51.0 Å². The van der Waals surface area contributed by atoms with E-state index in [1.54, 1.807) is 7.05 Å². The van der Waals surface area contributed by atoms with Gasteiger partial charge in [0.25, 0.3) is 0 Å². The van der Waals surface area contributed by atoms with Crippen molar-refractivity contribution in [1.29, 1.82) is 0 Å². The molecule has 2 N–H and O–H groups in total. The molecule has 0 spiro atoms. The molecule has 1 saturated heterocycles. The number of amides is 2. The number of likely N-dealkylation sites (tertiary alicyclic amines) is 1. The lowest BCUT2D eigenvalue weighted by atomic mass is 9.85. The van der Waals surface area contributed by atoms with Crippen LogP contribution in [0.4, 0.5) is 0 Å². The number of nitrogens with zero attached hydrogens (tertiary/aromatic N) is 3. The van der Waals surface area contributed by atoms with Crippen molar-refractivity contribution < 1.29 is 9.59 Å². The Hall–Kier alpha value is -3.22. The van der Waals surface area contributed by atoms with Crippen molar-refractivity contribution in [3.8, 4) is 0 Å². The molecule has 160 valence electrons. The molecule has 0 radical (unpaired) electrons. The van der Waals surface area contributed by atoms with E-state index in [0.29, 0.717) is 25.6 Å². The van der Waals surface area contributed by atoms with Gasteiger partial charge in [-0.1, -0.05) is 36.4 Å². The van der Waals surface area contributed by atoms with Gasteiger partial charge in [-0.15, -0.1) is 0 Å². The maximum atomic E-state index is 12.8. The molecule has 7 heteroatoms. The fourth-order valence-electron chi connectivity index (χ4n) is 5.38. The summed E-state index contributed by atoms with van der Waals surface area (Å²) in [6.45, 7) is 1.56. The number of allylic oxidation sites excluding steroid dienone is 2. The molecular weight excluding hydrogens is 390 g/mol. The summed E-state index contributed by atoms with van der Waals surface area (Å²) in [5, 5.41) is 7.67. The lowest BCUT2D eigenvalue weighted by Crippen LogP contribution is -2.44. The minimum atomic E-state index is -0.130. The molecule has 2 amide bonds. The zero-order chi connectivity index (χ0) is 21.4. The molecule has 2 bridgehead atoms. The van der Waals surface area contributed by atoms with E-state index in [4.69, 9.17) is 0 Å². The first kappa shape index (κ1) is 19.7. The summed E-state index contributed by atoms with van der Waals surface area (Å²) in [6, 6.07) is 10.2. The Morgan fingerprint density at radius 3 is 2.52 bits per heavy atom. The van der Waals surface area contributed by atoms with Crippen LogP contribution < -0.4 is 10.6 Å². The molecule has 1 aromatic carbocycles. The van der Waals surface area contributed by atoms with Gasteiger partial charge in [-0.05, 0) is 36.3 Å². The Labute approximate surface area is 181 Å². The molecular formula is C24H27N5O2. The maximum Gasteiger partial charge on any atom is 0.233 e. The van der Waals surface area contributed by atoms with E-state index in [0.717, 1.165) is 23.7 Å². The van der Waals surface area contributed by atoms with Crippen molar-refractivity contribution >= 4 is 28.7 Å². The van der Waals surface area contributed by atoms with E-state index < -0.39 is 0 Å². The van der Waals surface area contributed by atoms with Crippen LogP contribution in [-0.4, -0.2) is 54.3 Å². The summed E-state index contributed by atoms with van der Waals surface area (Å²) < 4.78 is 0. The highest BCUT2D eigenvalue weighted by molar-refractivity contribution is 6.06. The van der Waals surface area contributed by atoms with Crippen LogP contribution in [0, 0.1) is 23.7 Å². The molecule has 2 aliphatic carbocycles. The molecule has 3 aliphatic rings. The number of hydrogen-bond acceptors (Lipinski definition) is 4. The third-order valence-corrected chi connectivity index (χ3v) is 6.82. The number of imide groups is 1. The first-order valence-electron chi connectivity index (χ1n) is 11.0. The quantitative estimate of drug-likeness (QED) is 0.324. The predicted octanol–water partition coefficient (Wildman–Crippen LogP) is 1.75. The normalized spacial score (nSPS) is 26.7. The number of pyridine rings is 1. The Balaban J connectivity index is 1.11. The third-order valence-electron chi connectivity index (χ3n) is 6.82. The Morgan fingerprint density at radius 1 is 1.06 bits per heavy atom. The second kappa shape index (κ2) is 8.13. The highest BCUT2D eigenvalue weighted by Gasteiger charge is 2.58. The van der Waals surface area contributed by atoms with Gasteiger partial charge >= 0.3 is 0 Å². The number of hydrogen-bond donors (Lipinski definition) is 2. The van der Waals surface area contributed by atoms with Gasteiger partial charge in [0, 0.05) is 38.3 Å². The Morgan fingerprint density at radius 2 is 1.77 bits per heavy atom. The number of aliphatic imine (C=N–C) groups is 1. The first-order chi connectivity index (χ1) is 15.2. The molecule has 7 nitrogen and oxygen atoms in total. The zero-order valence-electron chi connectivity index (χ0n) is 17.6. The summed E-state index contributed by atoms with van der Waals surface area (Å²) in [5.41, 5.74) is 2.21. The molecule has 4 atom stereocenters. The van der Waals surface area contributed by atoms with Crippen molar-refractivity contribution in [2.24, 2.45) is 28.7 Å². The number of nitrogens with one attached hydrogen (secondary N) is 2. The van der Waals surface area contributed by atoms with Crippen LogP contribution >= 0.6 is 0 Å². The number of aromatic nitrogens is 1. The summed E-state index contributed by atoms with van der Waals surface area (Å²) >= 11 is 0. The molecule has 1 saturated carbocycles. The van der Waals surface area contributed by atoms with E-state index in [-0.39, 0.29) is 35.5 Å². The molecule has 4 unspecified atom stereocenters. The number of carbonyl (C=O) groups is 2. The molecule has 1 aliphatic heterocycles. The van der Waals surface area contributed by atoms with Gasteiger partial charge in [0.1, 0.15) is 0 Å². The maximum absolute atomic E-state index is 12.8. The van der Waals surface area contributed by atoms with Crippen LogP contribution in [0.2, 0.25) is 0 Å². The fourth-order valence-corrected chi connectivity index (χ4v) is 5.38. The van der Waals surface area contributed by atoms with E-state index in [9.17, 15) is 9.59 Å². The largest absolute Gasteiger partial charge is 0.356 e. The zero-order valence-corrected chi connectivity index (χ0v) is 17.6. The minimum Gasteiger partial charge on any atom is -0.356 e. The number of para-hydroxylation sites is 1. The second-order valence-electron chi connectivity index (χ2n) is 8.50. The topological polar surface area (TPSA) is 86.7 Å². The molecule has 1 aromatic heterocycles. The molecule has 5 rings (SSSR count). The van der Waals surface area contributed by atoms with Gasteiger partial charge in [-0.3, -0.25) is 24.5 Å². The summed E-state index contributed by atoms with van der Waals surface area (Å²) in [6.07, 6.45) is 7.83.